The van der Waals surface area contributed by atoms with Crippen molar-refractivity contribution in [2.45, 2.75) is 18.7 Å². The van der Waals surface area contributed by atoms with Crippen molar-refractivity contribution < 1.29 is 30.8 Å². The summed E-state index contributed by atoms with van der Waals surface area (Å²) in [6.07, 6.45) is 0. The molecule has 0 atom stereocenters. The minimum atomic E-state index is -4.28. The highest BCUT2D eigenvalue weighted by molar-refractivity contribution is 7.94. The van der Waals surface area contributed by atoms with Gasteiger partial charge in [0.15, 0.2) is 0 Å². The van der Waals surface area contributed by atoms with Crippen LogP contribution in [0.25, 0.3) is 0 Å². The molecule has 1 aliphatic rings. The lowest BCUT2D eigenvalue weighted by atomic mass is 9.95. The van der Waals surface area contributed by atoms with E-state index in [0.717, 1.165) is 18.2 Å². The minimum absolute atomic E-state index is 0.0246. The first-order chi connectivity index (χ1) is 13.4. The third kappa shape index (κ3) is 3.92. The number of nitrogens with zero attached hydrogens (tertiary/aromatic N) is 1. The van der Waals surface area contributed by atoms with Gasteiger partial charge >= 0.3 is 0 Å². The van der Waals surface area contributed by atoms with Crippen LogP contribution in [0.15, 0.2) is 47.4 Å². The summed E-state index contributed by atoms with van der Waals surface area (Å²) in [7, 11) is -7.00. The first kappa shape index (κ1) is 21.1. The SMILES string of the molecule is COc1ccc(N2C(=O)C(C)(C)CS2(=O)=O)cc1S(=O)(=O)Nc1cccc(F)c1. The Labute approximate surface area is 168 Å². The van der Waals surface area contributed by atoms with E-state index in [-0.39, 0.29) is 17.1 Å². The van der Waals surface area contributed by atoms with Gasteiger partial charge in [0.1, 0.15) is 16.5 Å². The van der Waals surface area contributed by atoms with Gasteiger partial charge in [0, 0.05) is 0 Å². The number of nitrogens with one attached hydrogen (secondary N) is 1. The molecule has 0 aliphatic carbocycles. The minimum Gasteiger partial charge on any atom is -0.495 e. The highest BCUT2D eigenvalue weighted by atomic mass is 32.2. The van der Waals surface area contributed by atoms with E-state index >= 15 is 0 Å². The van der Waals surface area contributed by atoms with Crippen LogP contribution in [0.5, 0.6) is 5.75 Å². The van der Waals surface area contributed by atoms with E-state index in [1.807, 2.05) is 0 Å². The zero-order valence-corrected chi connectivity index (χ0v) is 17.5. The number of amides is 1. The Morgan fingerprint density at radius 2 is 1.86 bits per heavy atom. The van der Waals surface area contributed by atoms with Crippen molar-refractivity contribution in [3.05, 3.63) is 48.3 Å². The maximum atomic E-state index is 13.4. The zero-order chi connectivity index (χ0) is 21.6. The van der Waals surface area contributed by atoms with Crippen LogP contribution in [0.2, 0.25) is 0 Å². The van der Waals surface area contributed by atoms with Crippen LogP contribution in [0.4, 0.5) is 15.8 Å². The van der Waals surface area contributed by atoms with Crippen molar-refractivity contribution in [2.24, 2.45) is 5.41 Å². The number of halogens is 1. The second-order valence-corrected chi connectivity index (χ2v) is 10.6. The summed E-state index contributed by atoms with van der Waals surface area (Å²) in [4.78, 5) is 12.2. The van der Waals surface area contributed by atoms with E-state index in [4.69, 9.17) is 4.74 Å². The molecule has 1 fully saturated rings. The van der Waals surface area contributed by atoms with E-state index in [1.165, 1.54) is 45.2 Å². The lowest BCUT2D eigenvalue weighted by Crippen LogP contribution is -2.33. The molecule has 1 N–H and O–H groups in total. The van der Waals surface area contributed by atoms with Crippen molar-refractivity contribution in [2.75, 3.05) is 21.9 Å². The van der Waals surface area contributed by atoms with E-state index in [0.29, 0.717) is 4.31 Å². The van der Waals surface area contributed by atoms with Gasteiger partial charge in [-0.15, -0.1) is 0 Å². The molecule has 0 aromatic heterocycles. The standard InChI is InChI=1S/C18H19FN2O6S2/c1-18(2)11-28(23,24)21(17(18)22)14-7-8-15(27-3)16(10-14)29(25,26)20-13-6-4-5-12(19)9-13/h4-10,20H,11H2,1-3H3. The Morgan fingerprint density at radius 1 is 1.17 bits per heavy atom. The summed E-state index contributed by atoms with van der Waals surface area (Å²) in [5.74, 6) is -1.76. The van der Waals surface area contributed by atoms with Crippen LogP contribution in [0.3, 0.4) is 0 Å². The Kier molecular flexibility index (Phi) is 5.08. The number of carbonyl (C=O) groups excluding carboxylic acids is 1. The number of sulfonamides is 2. The molecule has 1 amide bonds. The molecule has 0 radical (unpaired) electrons. The highest BCUT2D eigenvalue weighted by Gasteiger charge is 2.50. The average molecular weight is 442 g/mol. The Hall–Kier alpha value is -2.66. The molecule has 8 nitrogen and oxygen atoms in total. The van der Waals surface area contributed by atoms with Crippen LogP contribution in [0, 0.1) is 11.2 Å². The van der Waals surface area contributed by atoms with Gasteiger partial charge in [0.25, 0.3) is 10.0 Å². The second-order valence-electron chi connectivity index (χ2n) is 7.16. The topological polar surface area (TPSA) is 110 Å². The predicted molar refractivity (Wildman–Crippen MR) is 105 cm³/mol. The normalized spacial score (nSPS) is 17.9. The maximum Gasteiger partial charge on any atom is 0.265 e. The summed E-state index contributed by atoms with van der Waals surface area (Å²) in [5.41, 5.74) is -1.29. The van der Waals surface area contributed by atoms with Crippen molar-refractivity contribution in [1.29, 1.82) is 0 Å². The second kappa shape index (κ2) is 6.99. The van der Waals surface area contributed by atoms with Crippen LogP contribution >= 0.6 is 0 Å². The fourth-order valence-corrected chi connectivity index (χ4v) is 6.36. The smallest absolute Gasteiger partial charge is 0.265 e. The van der Waals surface area contributed by atoms with E-state index in [9.17, 15) is 26.0 Å². The predicted octanol–water partition coefficient (Wildman–Crippen LogP) is 2.34. The molecule has 1 heterocycles. The lowest BCUT2D eigenvalue weighted by molar-refractivity contribution is -0.123. The largest absolute Gasteiger partial charge is 0.495 e. The molecule has 0 bridgehead atoms. The number of benzene rings is 2. The van der Waals surface area contributed by atoms with Crippen molar-refractivity contribution >= 4 is 37.3 Å². The first-order valence-corrected chi connectivity index (χ1v) is 11.5. The average Bonchev–Trinajstić information content (AvgIpc) is 2.76. The third-order valence-electron chi connectivity index (χ3n) is 4.33. The molecule has 156 valence electrons. The number of ether oxygens (including phenoxy) is 1. The lowest BCUT2D eigenvalue weighted by Gasteiger charge is -2.19. The number of rotatable bonds is 5. The van der Waals surface area contributed by atoms with Crippen LogP contribution in [0.1, 0.15) is 13.8 Å². The van der Waals surface area contributed by atoms with Crippen LogP contribution < -0.4 is 13.8 Å². The zero-order valence-electron chi connectivity index (χ0n) is 15.8. The third-order valence-corrected chi connectivity index (χ3v) is 7.75. The van der Waals surface area contributed by atoms with Gasteiger partial charge in [-0.3, -0.25) is 9.52 Å². The molecule has 2 aromatic carbocycles. The molecule has 29 heavy (non-hydrogen) atoms. The molecule has 2 aromatic rings. The number of hydrogen-bond acceptors (Lipinski definition) is 6. The molecule has 11 heteroatoms. The number of methoxy groups -OCH3 is 1. The number of anilines is 2. The summed E-state index contributed by atoms with van der Waals surface area (Å²) < 4.78 is 72.0. The summed E-state index contributed by atoms with van der Waals surface area (Å²) in [5, 5.41) is 0. The molecular weight excluding hydrogens is 423 g/mol. The number of carbonyl (C=O) groups is 1. The fourth-order valence-electron chi connectivity index (χ4n) is 3.03. The van der Waals surface area contributed by atoms with E-state index in [1.54, 1.807) is 0 Å². The molecule has 3 rings (SSSR count). The Bertz CT molecular complexity index is 1190. The fraction of sp³-hybridized carbons (Fsp3) is 0.278. The van der Waals surface area contributed by atoms with Crippen molar-refractivity contribution in [3.8, 4) is 5.75 Å². The molecule has 0 saturated carbocycles. The molecule has 0 unspecified atom stereocenters. The monoisotopic (exact) mass is 442 g/mol. The first-order valence-electron chi connectivity index (χ1n) is 8.41. The van der Waals surface area contributed by atoms with E-state index < -0.39 is 47.8 Å². The van der Waals surface area contributed by atoms with Gasteiger partial charge in [-0.05, 0) is 50.2 Å². The number of hydrogen-bond donors (Lipinski definition) is 1. The van der Waals surface area contributed by atoms with Crippen LogP contribution in [-0.4, -0.2) is 35.6 Å². The maximum absolute atomic E-state index is 13.4. The van der Waals surface area contributed by atoms with Gasteiger partial charge < -0.3 is 4.74 Å². The summed E-state index contributed by atoms with van der Waals surface area (Å²) in [6, 6.07) is 8.42. The van der Waals surface area contributed by atoms with Crippen molar-refractivity contribution in [3.63, 3.8) is 0 Å². The Morgan fingerprint density at radius 3 is 2.41 bits per heavy atom. The quantitative estimate of drug-likeness (QED) is 0.761. The van der Waals surface area contributed by atoms with Gasteiger partial charge in [-0.2, -0.15) is 0 Å². The summed E-state index contributed by atoms with van der Waals surface area (Å²) >= 11 is 0. The molecular formula is C18H19FN2O6S2. The molecule has 0 spiro atoms. The highest BCUT2D eigenvalue weighted by Crippen LogP contribution is 2.38. The Balaban J connectivity index is 2.10. The molecule has 1 aliphatic heterocycles. The van der Waals surface area contributed by atoms with Gasteiger partial charge in [0.2, 0.25) is 15.9 Å². The van der Waals surface area contributed by atoms with Crippen LogP contribution in [-0.2, 0) is 24.8 Å². The van der Waals surface area contributed by atoms with Gasteiger partial charge in [-0.1, -0.05) is 6.07 Å². The van der Waals surface area contributed by atoms with Gasteiger partial charge in [0.05, 0.1) is 29.7 Å². The molecule has 1 saturated heterocycles. The van der Waals surface area contributed by atoms with E-state index in [2.05, 4.69) is 4.72 Å². The van der Waals surface area contributed by atoms with Crippen molar-refractivity contribution in [1.82, 2.24) is 0 Å². The van der Waals surface area contributed by atoms with Gasteiger partial charge in [-0.25, -0.2) is 25.5 Å². The summed E-state index contributed by atoms with van der Waals surface area (Å²) in [6.45, 7) is 3.00.